The molecule has 0 spiro atoms. The fourth-order valence-corrected chi connectivity index (χ4v) is 2.00. The monoisotopic (exact) mass is 290 g/mol. The zero-order chi connectivity index (χ0) is 14.1. The van der Waals surface area contributed by atoms with Crippen molar-refractivity contribution in [1.29, 1.82) is 0 Å². The number of hydrogen-bond acceptors (Lipinski definition) is 1. The molecule has 0 aliphatic heterocycles. The largest absolute Gasteiger partial charge is 0.240 e. The molecule has 0 N–H and O–H groups in total. The fourth-order valence-electron chi connectivity index (χ4n) is 1.88. The summed E-state index contributed by atoms with van der Waals surface area (Å²) in [5.74, 6) is -0.788. The first-order valence-corrected chi connectivity index (χ1v) is 6.27. The maximum atomic E-state index is 13.4. The maximum absolute atomic E-state index is 13.4. The van der Waals surface area contributed by atoms with Crippen LogP contribution in [0, 0.1) is 11.6 Å². The van der Waals surface area contributed by atoms with Crippen molar-refractivity contribution in [3.8, 4) is 16.8 Å². The van der Waals surface area contributed by atoms with E-state index in [1.807, 2.05) is 0 Å². The second-order valence-electron chi connectivity index (χ2n) is 4.28. The van der Waals surface area contributed by atoms with E-state index in [4.69, 9.17) is 11.6 Å². The lowest BCUT2D eigenvalue weighted by Gasteiger charge is -2.02. The van der Waals surface area contributed by atoms with Gasteiger partial charge < -0.3 is 0 Å². The van der Waals surface area contributed by atoms with Gasteiger partial charge in [-0.2, -0.15) is 5.10 Å². The van der Waals surface area contributed by atoms with Crippen LogP contribution in [0.3, 0.4) is 0 Å². The molecule has 0 saturated carbocycles. The van der Waals surface area contributed by atoms with E-state index in [0.717, 1.165) is 11.1 Å². The topological polar surface area (TPSA) is 17.8 Å². The number of aromatic nitrogens is 2. The molecule has 0 bridgehead atoms. The van der Waals surface area contributed by atoms with Gasteiger partial charge in [-0.3, -0.25) is 0 Å². The summed E-state index contributed by atoms with van der Waals surface area (Å²) in [6, 6.07) is 10.6. The molecule has 3 rings (SSSR count). The van der Waals surface area contributed by atoms with E-state index in [-0.39, 0.29) is 10.8 Å². The molecule has 2 aromatic carbocycles. The van der Waals surface area contributed by atoms with Crippen LogP contribution in [0.1, 0.15) is 0 Å². The van der Waals surface area contributed by atoms with Crippen LogP contribution < -0.4 is 0 Å². The van der Waals surface area contributed by atoms with Crippen LogP contribution in [-0.2, 0) is 0 Å². The van der Waals surface area contributed by atoms with Crippen molar-refractivity contribution in [3.05, 3.63) is 71.5 Å². The molecule has 1 heterocycles. The molecule has 0 unspecified atom stereocenters. The minimum Gasteiger partial charge on any atom is -0.240 e. The van der Waals surface area contributed by atoms with Gasteiger partial charge in [0.2, 0.25) is 0 Å². The summed E-state index contributed by atoms with van der Waals surface area (Å²) in [4.78, 5) is 0. The van der Waals surface area contributed by atoms with Crippen molar-refractivity contribution in [3.63, 3.8) is 0 Å². The number of rotatable bonds is 2. The minimum atomic E-state index is -0.497. The zero-order valence-corrected chi connectivity index (χ0v) is 11.0. The highest BCUT2D eigenvalue weighted by Crippen LogP contribution is 2.22. The average molecular weight is 291 g/mol. The van der Waals surface area contributed by atoms with Crippen molar-refractivity contribution in [2.45, 2.75) is 0 Å². The van der Waals surface area contributed by atoms with Crippen LogP contribution in [0.15, 0.2) is 54.9 Å². The van der Waals surface area contributed by atoms with E-state index in [2.05, 4.69) is 5.10 Å². The van der Waals surface area contributed by atoms with Crippen LogP contribution >= 0.6 is 11.6 Å². The van der Waals surface area contributed by atoms with Crippen molar-refractivity contribution in [1.82, 2.24) is 9.78 Å². The van der Waals surface area contributed by atoms with Crippen molar-refractivity contribution < 1.29 is 8.78 Å². The van der Waals surface area contributed by atoms with Gasteiger partial charge in [-0.15, -0.1) is 0 Å². The molecule has 0 aliphatic carbocycles. The van der Waals surface area contributed by atoms with E-state index in [1.54, 1.807) is 30.6 Å². The minimum absolute atomic E-state index is 0.0691. The second-order valence-corrected chi connectivity index (χ2v) is 4.69. The van der Waals surface area contributed by atoms with Gasteiger partial charge in [0, 0.05) is 17.8 Å². The molecule has 0 radical (unpaired) electrons. The lowest BCUT2D eigenvalue weighted by Crippen LogP contribution is -1.94. The highest BCUT2D eigenvalue weighted by molar-refractivity contribution is 6.30. The molecular weight excluding hydrogens is 282 g/mol. The average Bonchev–Trinajstić information content (AvgIpc) is 2.92. The molecule has 0 fully saturated rings. The lowest BCUT2D eigenvalue weighted by molar-refractivity contribution is 0.625. The number of benzene rings is 2. The molecule has 100 valence electrons. The third kappa shape index (κ3) is 2.42. The normalized spacial score (nSPS) is 10.8. The molecule has 2 nitrogen and oxygen atoms in total. The lowest BCUT2D eigenvalue weighted by atomic mass is 10.1. The van der Waals surface area contributed by atoms with Gasteiger partial charge in [-0.05, 0) is 29.8 Å². The molecule has 0 atom stereocenters. The van der Waals surface area contributed by atoms with Gasteiger partial charge in [0.05, 0.1) is 16.9 Å². The van der Waals surface area contributed by atoms with Crippen LogP contribution in [0.5, 0.6) is 0 Å². The van der Waals surface area contributed by atoms with Gasteiger partial charge in [-0.1, -0.05) is 23.7 Å². The summed E-state index contributed by atoms with van der Waals surface area (Å²) in [6.07, 6.45) is 3.38. The van der Waals surface area contributed by atoms with Gasteiger partial charge in [0.25, 0.3) is 0 Å². The summed E-state index contributed by atoms with van der Waals surface area (Å²) in [5, 5.41) is 4.24. The van der Waals surface area contributed by atoms with Gasteiger partial charge in [0.1, 0.15) is 11.6 Å². The van der Waals surface area contributed by atoms with Crippen LogP contribution in [0.25, 0.3) is 16.8 Å². The Labute approximate surface area is 119 Å². The molecule has 0 saturated heterocycles. The van der Waals surface area contributed by atoms with Gasteiger partial charge >= 0.3 is 0 Å². The Balaban J connectivity index is 1.97. The van der Waals surface area contributed by atoms with E-state index in [0.29, 0.717) is 5.69 Å². The van der Waals surface area contributed by atoms with Gasteiger partial charge in [-0.25, -0.2) is 13.5 Å². The maximum Gasteiger partial charge on any atom is 0.143 e. The smallest absolute Gasteiger partial charge is 0.143 e. The molecule has 3 aromatic rings. The summed E-state index contributed by atoms with van der Waals surface area (Å²) in [7, 11) is 0. The Morgan fingerprint density at radius 1 is 0.950 bits per heavy atom. The van der Waals surface area contributed by atoms with Crippen molar-refractivity contribution in [2.75, 3.05) is 0 Å². The van der Waals surface area contributed by atoms with E-state index >= 15 is 0 Å². The van der Waals surface area contributed by atoms with E-state index < -0.39 is 5.82 Å². The predicted molar refractivity (Wildman–Crippen MR) is 73.9 cm³/mol. The molecule has 0 amide bonds. The molecule has 0 aliphatic rings. The number of halogens is 3. The van der Waals surface area contributed by atoms with E-state index in [9.17, 15) is 8.78 Å². The highest BCUT2D eigenvalue weighted by Gasteiger charge is 2.06. The Hall–Kier alpha value is -2.20. The standard InChI is InChI=1S/C15H9ClF2N2/c16-14-6-5-13(7-15(14)18)20-9-11(8-19-20)10-1-3-12(17)4-2-10/h1-9H. The van der Waals surface area contributed by atoms with Crippen LogP contribution in [0.2, 0.25) is 5.02 Å². The fraction of sp³-hybridized carbons (Fsp3) is 0. The third-order valence-corrected chi connectivity index (χ3v) is 3.23. The van der Waals surface area contributed by atoms with E-state index in [1.165, 1.54) is 28.9 Å². The summed E-state index contributed by atoms with van der Waals surface area (Å²) < 4.78 is 27.8. The summed E-state index contributed by atoms with van der Waals surface area (Å²) >= 11 is 5.64. The molecular formula is C15H9ClF2N2. The van der Waals surface area contributed by atoms with Crippen molar-refractivity contribution in [2.24, 2.45) is 0 Å². The first-order valence-electron chi connectivity index (χ1n) is 5.89. The molecule has 20 heavy (non-hydrogen) atoms. The molecule has 5 heteroatoms. The second kappa shape index (κ2) is 5.06. The SMILES string of the molecule is Fc1ccc(-c2cnn(-c3ccc(Cl)c(F)c3)c2)cc1. The predicted octanol–water partition coefficient (Wildman–Crippen LogP) is 4.47. The highest BCUT2D eigenvalue weighted by atomic mass is 35.5. The quantitative estimate of drug-likeness (QED) is 0.681. The zero-order valence-electron chi connectivity index (χ0n) is 10.2. The van der Waals surface area contributed by atoms with Crippen LogP contribution in [-0.4, -0.2) is 9.78 Å². The van der Waals surface area contributed by atoms with Crippen molar-refractivity contribution >= 4 is 11.6 Å². The first kappa shape index (κ1) is 12.8. The Morgan fingerprint density at radius 2 is 1.70 bits per heavy atom. The Kier molecular flexibility index (Phi) is 3.24. The number of hydrogen-bond donors (Lipinski definition) is 0. The Bertz CT molecular complexity index is 751. The molecule has 1 aromatic heterocycles. The first-order chi connectivity index (χ1) is 9.63. The summed E-state index contributed by atoms with van der Waals surface area (Å²) in [5.41, 5.74) is 2.23. The van der Waals surface area contributed by atoms with Crippen LogP contribution in [0.4, 0.5) is 8.78 Å². The summed E-state index contributed by atoms with van der Waals surface area (Å²) in [6.45, 7) is 0. The van der Waals surface area contributed by atoms with Gasteiger partial charge in [0.15, 0.2) is 0 Å². The Morgan fingerprint density at radius 3 is 2.40 bits per heavy atom. The number of nitrogens with zero attached hydrogens (tertiary/aromatic N) is 2. The third-order valence-electron chi connectivity index (χ3n) is 2.93.